The third-order valence-corrected chi connectivity index (χ3v) is 6.19. The van der Waals surface area contributed by atoms with Crippen LogP contribution in [0.3, 0.4) is 0 Å². The van der Waals surface area contributed by atoms with Crippen LogP contribution in [0.2, 0.25) is 5.02 Å². The number of fused-ring (bicyclic) bond motifs is 1. The van der Waals surface area contributed by atoms with Crippen LogP contribution in [0.1, 0.15) is 16.8 Å². The zero-order chi connectivity index (χ0) is 21.1. The summed E-state index contributed by atoms with van der Waals surface area (Å²) in [7, 11) is 0. The normalized spacial score (nSPS) is 10.9. The molecule has 4 aromatic rings. The van der Waals surface area contributed by atoms with Crippen LogP contribution >= 0.6 is 22.9 Å². The minimum atomic E-state index is -0.200. The molecule has 0 saturated heterocycles. The van der Waals surface area contributed by atoms with E-state index in [1.165, 1.54) is 11.3 Å². The topological polar surface area (TPSA) is 55.3 Å². The molecule has 0 aliphatic carbocycles. The Morgan fingerprint density at radius 3 is 2.60 bits per heavy atom. The molecule has 0 unspecified atom stereocenters. The highest BCUT2D eigenvalue weighted by Crippen LogP contribution is 2.36. The van der Waals surface area contributed by atoms with Gasteiger partial charge in [-0.05, 0) is 49.7 Å². The maximum absolute atomic E-state index is 13.1. The van der Waals surface area contributed by atoms with Crippen LogP contribution in [0.15, 0.2) is 60.8 Å². The van der Waals surface area contributed by atoms with E-state index in [1.807, 2.05) is 68.4 Å². The average Bonchev–Trinajstić information content (AvgIpc) is 3.21. The summed E-state index contributed by atoms with van der Waals surface area (Å²) in [6, 6.07) is 17.0. The van der Waals surface area contributed by atoms with Gasteiger partial charge in [0.25, 0.3) is 5.91 Å². The third-order valence-electron chi connectivity index (χ3n) is 4.65. The second kappa shape index (κ2) is 8.81. The predicted molar refractivity (Wildman–Crippen MR) is 121 cm³/mol. The number of pyridine rings is 1. The first-order chi connectivity index (χ1) is 14.5. The van der Waals surface area contributed by atoms with Crippen LogP contribution in [-0.4, -0.2) is 22.5 Å². The van der Waals surface area contributed by atoms with E-state index in [-0.39, 0.29) is 12.5 Å². The Balaban J connectivity index is 1.64. The Hall–Kier alpha value is -2.96. The lowest BCUT2D eigenvalue weighted by Crippen LogP contribution is -2.34. The zero-order valence-electron chi connectivity index (χ0n) is 16.6. The molecule has 2 aromatic heterocycles. The van der Waals surface area contributed by atoms with Crippen LogP contribution in [0.25, 0.3) is 10.2 Å². The van der Waals surface area contributed by atoms with E-state index in [2.05, 4.69) is 4.98 Å². The van der Waals surface area contributed by atoms with Crippen LogP contribution in [0.4, 0.5) is 5.13 Å². The number of hydrogen-bond acceptors (Lipinski definition) is 5. The molecule has 152 valence electrons. The molecule has 0 N–H and O–H groups in total. The first-order valence-corrected chi connectivity index (χ1v) is 10.7. The van der Waals surface area contributed by atoms with E-state index >= 15 is 0 Å². The van der Waals surface area contributed by atoms with Crippen molar-refractivity contribution >= 4 is 44.2 Å². The summed E-state index contributed by atoms with van der Waals surface area (Å²) < 4.78 is 6.59. The Bertz CT molecular complexity index is 1140. The number of carbonyl (C=O) groups excluding carboxylic acids is 1. The van der Waals surface area contributed by atoms with Crippen LogP contribution in [0, 0.1) is 13.8 Å². The maximum atomic E-state index is 13.1. The van der Waals surface area contributed by atoms with Gasteiger partial charge in [0.1, 0.15) is 5.75 Å². The van der Waals surface area contributed by atoms with Crippen molar-refractivity contribution in [3.05, 3.63) is 82.6 Å². The van der Waals surface area contributed by atoms with Gasteiger partial charge in [0, 0.05) is 6.20 Å². The molecule has 0 radical (unpaired) electrons. The van der Waals surface area contributed by atoms with Crippen molar-refractivity contribution in [2.45, 2.75) is 20.4 Å². The fourth-order valence-corrected chi connectivity index (χ4v) is 4.31. The number of ether oxygens (including phenoxy) is 1. The summed E-state index contributed by atoms with van der Waals surface area (Å²) in [5, 5.41) is 1.20. The van der Waals surface area contributed by atoms with Gasteiger partial charge in [0.15, 0.2) is 11.7 Å². The Kier molecular flexibility index (Phi) is 5.97. The van der Waals surface area contributed by atoms with Gasteiger partial charge in [-0.2, -0.15) is 0 Å². The lowest BCUT2D eigenvalue weighted by Gasteiger charge is -2.19. The molecule has 5 nitrogen and oxygen atoms in total. The predicted octanol–water partition coefficient (Wildman–Crippen LogP) is 5.57. The van der Waals surface area contributed by atoms with Crippen molar-refractivity contribution in [2.24, 2.45) is 0 Å². The number of halogens is 1. The molecule has 7 heteroatoms. The SMILES string of the molecule is Cc1ccc(OCC(=O)N(Cc2ccccn2)c2nc3c(C)ccc(Cl)c3s2)cc1. The molecule has 0 fully saturated rings. The van der Waals surface area contributed by atoms with E-state index in [9.17, 15) is 4.79 Å². The summed E-state index contributed by atoms with van der Waals surface area (Å²) in [6.07, 6.45) is 1.71. The molecular weight excluding hydrogens is 418 g/mol. The quantitative estimate of drug-likeness (QED) is 0.395. The fraction of sp³-hybridized carbons (Fsp3) is 0.174. The van der Waals surface area contributed by atoms with E-state index < -0.39 is 0 Å². The number of aromatic nitrogens is 2. The van der Waals surface area contributed by atoms with Crippen molar-refractivity contribution in [1.29, 1.82) is 0 Å². The number of hydrogen-bond donors (Lipinski definition) is 0. The minimum Gasteiger partial charge on any atom is -0.484 e. The van der Waals surface area contributed by atoms with E-state index in [1.54, 1.807) is 11.1 Å². The molecule has 2 heterocycles. The summed E-state index contributed by atoms with van der Waals surface area (Å²) in [6.45, 7) is 4.18. The molecule has 0 bridgehead atoms. The highest BCUT2D eigenvalue weighted by atomic mass is 35.5. The lowest BCUT2D eigenvalue weighted by atomic mass is 10.2. The molecule has 4 rings (SSSR count). The lowest BCUT2D eigenvalue weighted by molar-refractivity contribution is -0.120. The van der Waals surface area contributed by atoms with Crippen molar-refractivity contribution in [3.63, 3.8) is 0 Å². The molecule has 0 saturated carbocycles. The molecule has 2 aromatic carbocycles. The minimum absolute atomic E-state index is 0.0987. The van der Waals surface area contributed by atoms with E-state index in [0.717, 1.165) is 27.0 Å². The smallest absolute Gasteiger partial charge is 0.267 e. The van der Waals surface area contributed by atoms with Crippen molar-refractivity contribution in [3.8, 4) is 5.75 Å². The molecule has 0 aliphatic heterocycles. The molecule has 0 atom stereocenters. The molecule has 1 amide bonds. The van der Waals surface area contributed by atoms with Crippen molar-refractivity contribution in [1.82, 2.24) is 9.97 Å². The number of amides is 1. The summed E-state index contributed by atoms with van der Waals surface area (Å²) in [5.41, 5.74) is 3.72. The summed E-state index contributed by atoms with van der Waals surface area (Å²) in [5.74, 6) is 0.448. The third kappa shape index (κ3) is 4.45. The first kappa shape index (κ1) is 20.3. The van der Waals surface area contributed by atoms with Gasteiger partial charge < -0.3 is 4.74 Å². The Labute approximate surface area is 183 Å². The monoisotopic (exact) mass is 437 g/mol. The zero-order valence-corrected chi connectivity index (χ0v) is 18.2. The average molecular weight is 438 g/mol. The molecular formula is C23H20ClN3O2S. The standard InChI is InChI=1S/C23H20ClN3O2S/c1-15-6-9-18(10-7-15)29-14-20(28)27(13-17-5-3-4-12-25-17)23-26-21-16(2)8-11-19(24)22(21)30-23/h3-12H,13-14H2,1-2H3. The maximum Gasteiger partial charge on any atom is 0.267 e. The number of rotatable bonds is 6. The van der Waals surface area contributed by atoms with Gasteiger partial charge in [-0.25, -0.2) is 4.98 Å². The van der Waals surface area contributed by atoms with Crippen LogP contribution < -0.4 is 9.64 Å². The number of aryl methyl sites for hydroxylation is 2. The van der Waals surface area contributed by atoms with Crippen molar-refractivity contribution < 1.29 is 9.53 Å². The van der Waals surface area contributed by atoms with Crippen LogP contribution in [-0.2, 0) is 11.3 Å². The molecule has 30 heavy (non-hydrogen) atoms. The second-order valence-electron chi connectivity index (χ2n) is 6.94. The molecule has 0 spiro atoms. The fourth-order valence-electron chi connectivity index (χ4n) is 2.98. The number of benzene rings is 2. The number of nitrogens with zero attached hydrogens (tertiary/aromatic N) is 3. The van der Waals surface area contributed by atoms with Gasteiger partial charge >= 0.3 is 0 Å². The summed E-state index contributed by atoms with van der Waals surface area (Å²) >= 11 is 7.77. The van der Waals surface area contributed by atoms with E-state index in [4.69, 9.17) is 21.3 Å². The first-order valence-electron chi connectivity index (χ1n) is 9.46. The highest BCUT2D eigenvalue weighted by molar-refractivity contribution is 7.23. The van der Waals surface area contributed by atoms with Gasteiger partial charge in [0.05, 0.1) is 27.5 Å². The highest BCUT2D eigenvalue weighted by Gasteiger charge is 2.22. The second-order valence-corrected chi connectivity index (χ2v) is 8.33. The van der Waals surface area contributed by atoms with Gasteiger partial charge in [-0.15, -0.1) is 0 Å². The van der Waals surface area contributed by atoms with E-state index in [0.29, 0.717) is 22.4 Å². The van der Waals surface area contributed by atoms with Gasteiger partial charge in [-0.1, -0.05) is 52.8 Å². The van der Waals surface area contributed by atoms with Crippen LogP contribution in [0.5, 0.6) is 5.75 Å². The van der Waals surface area contributed by atoms with Gasteiger partial charge in [-0.3, -0.25) is 14.7 Å². The Morgan fingerprint density at radius 2 is 1.90 bits per heavy atom. The van der Waals surface area contributed by atoms with Gasteiger partial charge in [0.2, 0.25) is 0 Å². The number of carbonyl (C=O) groups is 1. The largest absolute Gasteiger partial charge is 0.484 e. The number of anilines is 1. The summed E-state index contributed by atoms with van der Waals surface area (Å²) in [4.78, 5) is 23.8. The molecule has 0 aliphatic rings. The van der Waals surface area contributed by atoms with Crippen molar-refractivity contribution in [2.75, 3.05) is 11.5 Å². The number of thiazole rings is 1. The Morgan fingerprint density at radius 1 is 1.10 bits per heavy atom.